The van der Waals surface area contributed by atoms with Crippen LogP contribution in [0.2, 0.25) is 0 Å². The first-order valence-corrected chi connectivity index (χ1v) is 9.34. The third-order valence-corrected chi connectivity index (χ3v) is 5.87. The van der Waals surface area contributed by atoms with E-state index in [1.807, 2.05) is 30.6 Å². The van der Waals surface area contributed by atoms with Gasteiger partial charge in [-0.25, -0.2) is 0 Å². The van der Waals surface area contributed by atoms with Crippen molar-refractivity contribution in [2.75, 3.05) is 5.75 Å². The van der Waals surface area contributed by atoms with Crippen molar-refractivity contribution < 1.29 is 4.79 Å². The number of aromatic nitrogens is 1. The van der Waals surface area contributed by atoms with E-state index in [1.54, 1.807) is 18.0 Å². The third kappa shape index (κ3) is 3.64. The van der Waals surface area contributed by atoms with E-state index < -0.39 is 0 Å². The molecule has 0 saturated carbocycles. The Labute approximate surface area is 144 Å². The van der Waals surface area contributed by atoms with Crippen LogP contribution in [0.3, 0.4) is 0 Å². The maximum absolute atomic E-state index is 12.4. The fraction of sp³-hybridized carbons (Fsp3) is 0.353. The lowest BCUT2D eigenvalue weighted by molar-refractivity contribution is 0.0996. The number of hydrogen-bond acceptors (Lipinski definition) is 6. The number of pyridine rings is 1. The Hall–Kier alpha value is -1.66. The Bertz CT molecular complexity index is 769. The van der Waals surface area contributed by atoms with Gasteiger partial charge in [0.05, 0.1) is 10.4 Å². The lowest BCUT2D eigenvalue weighted by atomic mass is 9.90. The van der Waals surface area contributed by atoms with Crippen LogP contribution in [0.5, 0.6) is 0 Å². The zero-order valence-corrected chi connectivity index (χ0v) is 14.8. The number of thiophene rings is 1. The van der Waals surface area contributed by atoms with Gasteiger partial charge in [-0.1, -0.05) is 11.8 Å². The van der Waals surface area contributed by atoms with Gasteiger partial charge in [-0.3, -0.25) is 14.8 Å². The zero-order valence-electron chi connectivity index (χ0n) is 13.2. The molecule has 2 aromatic heterocycles. The second-order valence-corrected chi connectivity index (χ2v) is 8.02. The van der Waals surface area contributed by atoms with Crippen LogP contribution < -0.4 is 5.73 Å². The zero-order chi connectivity index (χ0) is 16.4. The van der Waals surface area contributed by atoms with E-state index in [-0.39, 0.29) is 11.3 Å². The quantitative estimate of drug-likeness (QED) is 0.861. The molecule has 3 heterocycles. The number of aliphatic imine (C=N–C) groups is 1. The van der Waals surface area contributed by atoms with Crippen molar-refractivity contribution in [3.8, 4) is 0 Å². The van der Waals surface area contributed by atoms with E-state index in [4.69, 9.17) is 5.73 Å². The molecule has 23 heavy (non-hydrogen) atoms. The molecule has 120 valence electrons. The molecular formula is C17H19N3OS2. The number of rotatable bonds is 4. The molecule has 1 aliphatic rings. The molecule has 2 N–H and O–H groups in total. The number of ketones is 1. The summed E-state index contributed by atoms with van der Waals surface area (Å²) >= 11 is 3.08. The number of hydrogen-bond donors (Lipinski definition) is 1. The molecule has 3 rings (SSSR count). The summed E-state index contributed by atoms with van der Waals surface area (Å²) in [5.74, 6) is 1.08. The van der Waals surface area contributed by atoms with Gasteiger partial charge in [-0.2, -0.15) is 0 Å². The molecule has 1 aliphatic heterocycles. The van der Waals surface area contributed by atoms with Crippen molar-refractivity contribution in [3.63, 3.8) is 0 Å². The molecule has 0 unspecified atom stereocenters. The number of amidine groups is 1. The van der Waals surface area contributed by atoms with Gasteiger partial charge in [0.15, 0.2) is 11.0 Å². The summed E-state index contributed by atoms with van der Waals surface area (Å²) in [6.45, 7) is 4.07. The molecule has 0 aromatic carbocycles. The van der Waals surface area contributed by atoms with Gasteiger partial charge in [0, 0.05) is 24.6 Å². The van der Waals surface area contributed by atoms with E-state index in [2.05, 4.69) is 16.9 Å². The molecule has 0 fully saturated rings. The maximum Gasteiger partial charge on any atom is 0.177 e. The topological polar surface area (TPSA) is 68.3 Å². The molecule has 0 bridgehead atoms. The minimum absolute atomic E-state index is 0.134. The smallest absolute Gasteiger partial charge is 0.177 e. The lowest BCUT2D eigenvalue weighted by Gasteiger charge is -2.29. The van der Waals surface area contributed by atoms with Gasteiger partial charge in [0.1, 0.15) is 0 Å². The molecule has 0 spiro atoms. The second-order valence-electron chi connectivity index (χ2n) is 5.99. The summed E-state index contributed by atoms with van der Waals surface area (Å²) in [6.07, 6.45) is 4.87. The molecule has 0 saturated heterocycles. The number of aryl methyl sites for hydroxylation is 1. The van der Waals surface area contributed by atoms with Crippen LogP contribution in [-0.4, -0.2) is 21.7 Å². The van der Waals surface area contributed by atoms with Gasteiger partial charge < -0.3 is 5.73 Å². The number of nitrogens with zero attached hydrogens (tertiary/aromatic N) is 2. The van der Waals surface area contributed by atoms with Gasteiger partial charge in [0.25, 0.3) is 0 Å². The number of Topliss-reactive ketones (excluding diaryl/α,β-unsaturated/α-hetero) is 1. The van der Waals surface area contributed by atoms with Crippen LogP contribution >= 0.6 is 23.1 Å². The Kier molecular flexibility index (Phi) is 4.55. The molecule has 0 radical (unpaired) electrons. The molecule has 0 amide bonds. The SMILES string of the molecule is Cc1csc(C(=O)Cc2cncc([C@]3(C)CCSC(N)=N3)c2)c1. The Morgan fingerprint density at radius 1 is 1.39 bits per heavy atom. The van der Waals surface area contributed by atoms with Gasteiger partial charge in [-0.15, -0.1) is 11.3 Å². The summed E-state index contributed by atoms with van der Waals surface area (Å²) in [5.41, 5.74) is 8.61. The summed E-state index contributed by atoms with van der Waals surface area (Å²) in [6, 6.07) is 3.98. The normalized spacial score (nSPS) is 21.0. The molecule has 2 aromatic rings. The van der Waals surface area contributed by atoms with E-state index in [0.29, 0.717) is 11.6 Å². The third-order valence-electron chi connectivity index (χ3n) is 3.98. The highest BCUT2D eigenvalue weighted by Gasteiger charge is 2.30. The van der Waals surface area contributed by atoms with Crippen molar-refractivity contribution >= 4 is 34.0 Å². The van der Waals surface area contributed by atoms with Crippen LogP contribution in [0.4, 0.5) is 0 Å². The Morgan fingerprint density at radius 3 is 2.91 bits per heavy atom. The minimum Gasteiger partial charge on any atom is -0.379 e. The van der Waals surface area contributed by atoms with Crippen LogP contribution in [0.15, 0.2) is 34.9 Å². The molecule has 4 nitrogen and oxygen atoms in total. The van der Waals surface area contributed by atoms with Crippen molar-refractivity contribution in [3.05, 3.63) is 51.5 Å². The number of thioether (sulfide) groups is 1. The number of carbonyl (C=O) groups excluding carboxylic acids is 1. The van der Waals surface area contributed by atoms with Crippen LogP contribution in [0.25, 0.3) is 0 Å². The van der Waals surface area contributed by atoms with Crippen molar-refractivity contribution in [1.82, 2.24) is 4.98 Å². The highest BCUT2D eigenvalue weighted by atomic mass is 32.2. The van der Waals surface area contributed by atoms with E-state index >= 15 is 0 Å². The van der Waals surface area contributed by atoms with Crippen molar-refractivity contribution in [2.24, 2.45) is 10.7 Å². The average molecular weight is 345 g/mol. The molecule has 1 atom stereocenters. The van der Waals surface area contributed by atoms with Gasteiger partial charge in [-0.05, 0) is 54.5 Å². The number of nitrogens with two attached hydrogens (primary N) is 1. The van der Waals surface area contributed by atoms with E-state index in [0.717, 1.165) is 33.7 Å². The highest BCUT2D eigenvalue weighted by molar-refractivity contribution is 8.13. The van der Waals surface area contributed by atoms with E-state index in [1.165, 1.54) is 11.3 Å². The predicted octanol–water partition coefficient (Wildman–Crippen LogP) is 3.54. The Balaban J connectivity index is 1.83. The van der Waals surface area contributed by atoms with Crippen molar-refractivity contribution in [2.45, 2.75) is 32.2 Å². The first-order valence-electron chi connectivity index (χ1n) is 7.47. The standard InChI is InChI=1S/C17H19N3OS2/c1-11-5-15(23-10-11)14(21)7-12-6-13(9-19-8-12)17(2)3-4-22-16(18)20-17/h5-6,8-10H,3-4,7H2,1-2H3,(H2,18,20)/t17-/m0/s1. The maximum atomic E-state index is 12.4. The van der Waals surface area contributed by atoms with Crippen LogP contribution in [-0.2, 0) is 12.0 Å². The Morgan fingerprint density at radius 2 is 2.22 bits per heavy atom. The van der Waals surface area contributed by atoms with Crippen LogP contribution in [0.1, 0.15) is 39.7 Å². The largest absolute Gasteiger partial charge is 0.379 e. The summed E-state index contributed by atoms with van der Waals surface area (Å²) in [4.78, 5) is 22.1. The first-order chi connectivity index (χ1) is 11.0. The van der Waals surface area contributed by atoms with Gasteiger partial charge >= 0.3 is 0 Å². The predicted molar refractivity (Wildman–Crippen MR) is 97.4 cm³/mol. The average Bonchev–Trinajstić information content (AvgIpc) is 2.94. The monoisotopic (exact) mass is 345 g/mol. The lowest BCUT2D eigenvalue weighted by Crippen LogP contribution is -2.29. The minimum atomic E-state index is -0.346. The summed E-state index contributed by atoms with van der Waals surface area (Å²) in [7, 11) is 0. The fourth-order valence-electron chi connectivity index (χ4n) is 2.62. The number of carbonyl (C=O) groups is 1. The molecular weight excluding hydrogens is 326 g/mol. The first kappa shape index (κ1) is 16.2. The van der Waals surface area contributed by atoms with Crippen molar-refractivity contribution in [1.29, 1.82) is 0 Å². The summed E-state index contributed by atoms with van der Waals surface area (Å²) < 4.78 is 0. The van der Waals surface area contributed by atoms with Gasteiger partial charge in [0.2, 0.25) is 0 Å². The van der Waals surface area contributed by atoms with E-state index in [9.17, 15) is 4.79 Å². The highest BCUT2D eigenvalue weighted by Crippen LogP contribution is 2.35. The van der Waals surface area contributed by atoms with Crippen LogP contribution in [0, 0.1) is 6.92 Å². The molecule has 6 heteroatoms. The molecule has 0 aliphatic carbocycles. The second kappa shape index (κ2) is 6.45. The fourth-order valence-corrected chi connectivity index (χ4v) is 4.44. The summed E-state index contributed by atoms with van der Waals surface area (Å²) in [5, 5.41) is 2.62.